The maximum Gasteiger partial charge on any atom is 0.246 e. The quantitative estimate of drug-likeness (QED) is 0.839. The molecule has 1 fully saturated rings. The van der Waals surface area contributed by atoms with Crippen LogP contribution in [0.3, 0.4) is 0 Å². The number of rotatable bonds is 3. The predicted octanol–water partition coefficient (Wildman–Crippen LogP) is 0.950. The SMILES string of the molecule is Cc1nsc(N2CCN(S(=O)(=O)c3ccoc3)CC2)n1. The van der Waals surface area contributed by atoms with Crippen LogP contribution in [0.4, 0.5) is 5.13 Å². The highest BCUT2D eigenvalue weighted by Gasteiger charge is 2.30. The van der Waals surface area contributed by atoms with Gasteiger partial charge in [0.2, 0.25) is 15.2 Å². The van der Waals surface area contributed by atoms with Crippen LogP contribution in [0.25, 0.3) is 0 Å². The van der Waals surface area contributed by atoms with Crippen LogP contribution >= 0.6 is 11.5 Å². The Hall–Kier alpha value is -1.45. The second kappa shape index (κ2) is 5.15. The molecule has 3 rings (SSSR count). The Kier molecular flexibility index (Phi) is 3.48. The Labute approximate surface area is 121 Å². The maximum absolute atomic E-state index is 12.3. The van der Waals surface area contributed by atoms with Gasteiger partial charge in [-0.25, -0.2) is 13.4 Å². The lowest BCUT2D eigenvalue weighted by Gasteiger charge is -2.33. The van der Waals surface area contributed by atoms with Crippen LogP contribution < -0.4 is 4.90 Å². The number of hydrogen-bond acceptors (Lipinski definition) is 7. The zero-order valence-electron chi connectivity index (χ0n) is 10.9. The zero-order valence-corrected chi connectivity index (χ0v) is 12.5. The molecule has 0 bridgehead atoms. The van der Waals surface area contributed by atoms with E-state index >= 15 is 0 Å². The van der Waals surface area contributed by atoms with Gasteiger partial charge >= 0.3 is 0 Å². The Morgan fingerprint density at radius 3 is 2.60 bits per heavy atom. The van der Waals surface area contributed by atoms with Crippen molar-refractivity contribution in [3.63, 3.8) is 0 Å². The number of aryl methyl sites for hydroxylation is 1. The molecule has 2 aromatic heterocycles. The monoisotopic (exact) mass is 314 g/mol. The van der Waals surface area contributed by atoms with Gasteiger partial charge in [0, 0.05) is 37.7 Å². The molecule has 0 saturated carbocycles. The normalized spacial score (nSPS) is 17.6. The van der Waals surface area contributed by atoms with E-state index in [9.17, 15) is 8.42 Å². The summed E-state index contributed by atoms with van der Waals surface area (Å²) < 4.78 is 35.1. The number of anilines is 1. The average Bonchev–Trinajstić information content (AvgIpc) is 3.10. The summed E-state index contributed by atoms with van der Waals surface area (Å²) in [5.41, 5.74) is 0. The molecular formula is C11H14N4O3S2. The third-order valence-corrected chi connectivity index (χ3v) is 5.90. The van der Waals surface area contributed by atoms with Crippen LogP contribution in [0.5, 0.6) is 0 Å². The van der Waals surface area contributed by atoms with Gasteiger partial charge in [-0.15, -0.1) is 0 Å². The van der Waals surface area contributed by atoms with Gasteiger partial charge in [-0.05, 0) is 13.0 Å². The van der Waals surface area contributed by atoms with Crippen LogP contribution in [0.2, 0.25) is 0 Å². The number of hydrogen-bond donors (Lipinski definition) is 0. The van der Waals surface area contributed by atoms with Crippen LogP contribution in [0.15, 0.2) is 27.9 Å². The van der Waals surface area contributed by atoms with Crippen LogP contribution in [-0.4, -0.2) is 48.3 Å². The van der Waals surface area contributed by atoms with E-state index in [1.165, 1.54) is 34.4 Å². The van der Waals surface area contributed by atoms with Crippen LogP contribution in [0, 0.1) is 6.92 Å². The average molecular weight is 314 g/mol. The summed E-state index contributed by atoms with van der Waals surface area (Å²) in [5, 5.41) is 0.850. The first kappa shape index (κ1) is 13.5. The first-order valence-corrected chi connectivity index (χ1v) is 8.36. The Morgan fingerprint density at radius 1 is 1.30 bits per heavy atom. The van der Waals surface area contributed by atoms with E-state index in [2.05, 4.69) is 14.3 Å². The third kappa shape index (κ3) is 2.43. The highest BCUT2D eigenvalue weighted by Crippen LogP contribution is 2.22. The summed E-state index contributed by atoms with van der Waals surface area (Å²) in [4.78, 5) is 6.59. The van der Waals surface area contributed by atoms with Crippen molar-refractivity contribution < 1.29 is 12.8 Å². The molecule has 0 amide bonds. The molecule has 9 heteroatoms. The minimum atomic E-state index is -3.44. The van der Waals surface area contributed by atoms with Crippen molar-refractivity contribution >= 4 is 26.7 Å². The van der Waals surface area contributed by atoms with Gasteiger partial charge in [-0.2, -0.15) is 8.68 Å². The summed E-state index contributed by atoms with van der Waals surface area (Å²) >= 11 is 1.34. The highest BCUT2D eigenvalue weighted by atomic mass is 32.2. The van der Waals surface area contributed by atoms with Crippen LogP contribution in [0.1, 0.15) is 5.82 Å². The van der Waals surface area contributed by atoms with Gasteiger partial charge < -0.3 is 9.32 Å². The second-order valence-corrected chi connectivity index (χ2v) is 7.14. The standard InChI is InChI=1S/C11H14N4O3S2/c1-9-12-11(19-13-9)14-3-5-15(6-4-14)20(16,17)10-2-7-18-8-10/h2,7-8H,3-6H2,1H3. The molecule has 3 heterocycles. The fraction of sp³-hybridized carbons (Fsp3) is 0.455. The molecule has 0 N–H and O–H groups in total. The molecule has 1 aliphatic rings. The van der Waals surface area contributed by atoms with E-state index in [0.29, 0.717) is 26.2 Å². The minimum Gasteiger partial charge on any atom is -0.471 e. The van der Waals surface area contributed by atoms with Gasteiger partial charge in [0.25, 0.3) is 0 Å². The van der Waals surface area contributed by atoms with E-state index in [4.69, 9.17) is 4.42 Å². The summed E-state index contributed by atoms with van der Waals surface area (Å²) in [6.45, 7) is 3.95. The molecule has 0 spiro atoms. The summed E-state index contributed by atoms with van der Waals surface area (Å²) in [6, 6.07) is 1.47. The molecule has 0 atom stereocenters. The van der Waals surface area contributed by atoms with E-state index in [1.807, 2.05) is 6.92 Å². The summed E-state index contributed by atoms with van der Waals surface area (Å²) in [6.07, 6.45) is 2.63. The van der Waals surface area contributed by atoms with Gasteiger partial charge in [0.05, 0.1) is 6.26 Å². The maximum atomic E-state index is 12.3. The third-order valence-electron chi connectivity index (χ3n) is 3.16. The van der Waals surface area contributed by atoms with Gasteiger partial charge in [-0.1, -0.05) is 0 Å². The van der Waals surface area contributed by atoms with Crippen LogP contribution in [-0.2, 0) is 10.0 Å². The fourth-order valence-electron chi connectivity index (χ4n) is 2.08. The topological polar surface area (TPSA) is 79.5 Å². The number of aromatic nitrogens is 2. The smallest absolute Gasteiger partial charge is 0.246 e. The summed E-state index contributed by atoms with van der Waals surface area (Å²) in [7, 11) is -3.44. The highest BCUT2D eigenvalue weighted by molar-refractivity contribution is 7.89. The molecule has 0 unspecified atom stereocenters. The molecule has 7 nitrogen and oxygen atoms in total. The van der Waals surface area contributed by atoms with Crippen molar-refractivity contribution in [1.82, 2.24) is 13.7 Å². The van der Waals surface area contributed by atoms with Crippen molar-refractivity contribution in [2.45, 2.75) is 11.8 Å². The molecule has 20 heavy (non-hydrogen) atoms. The second-order valence-electron chi connectivity index (χ2n) is 4.47. The minimum absolute atomic E-state index is 0.206. The van der Waals surface area contributed by atoms with E-state index in [0.717, 1.165) is 11.0 Å². The Balaban J connectivity index is 1.70. The van der Waals surface area contributed by atoms with Gasteiger partial charge in [-0.3, -0.25) is 0 Å². The zero-order chi connectivity index (χ0) is 14.2. The molecule has 108 valence electrons. The molecule has 2 aromatic rings. The molecule has 1 saturated heterocycles. The number of piperazine rings is 1. The molecular weight excluding hydrogens is 300 g/mol. The lowest BCUT2D eigenvalue weighted by atomic mass is 10.4. The van der Waals surface area contributed by atoms with Crippen molar-refractivity contribution in [3.8, 4) is 0 Å². The summed E-state index contributed by atoms with van der Waals surface area (Å²) in [5.74, 6) is 0.749. The molecule has 0 aliphatic carbocycles. The molecule has 0 aromatic carbocycles. The molecule has 1 aliphatic heterocycles. The van der Waals surface area contributed by atoms with E-state index in [1.54, 1.807) is 0 Å². The largest absolute Gasteiger partial charge is 0.471 e. The number of sulfonamides is 1. The number of furan rings is 1. The Morgan fingerprint density at radius 2 is 2.05 bits per heavy atom. The van der Waals surface area contributed by atoms with Crippen molar-refractivity contribution in [2.75, 3.05) is 31.1 Å². The fourth-order valence-corrected chi connectivity index (χ4v) is 4.15. The van der Waals surface area contributed by atoms with Crippen molar-refractivity contribution in [3.05, 3.63) is 24.4 Å². The van der Waals surface area contributed by atoms with E-state index in [-0.39, 0.29) is 4.90 Å². The lowest BCUT2D eigenvalue weighted by Crippen LogP contribution is -2.48. The van der Waals surface area contributed by atoms with Crippen molar-refractivity contribution in [1.29, 1.82) is 0 Å². The van der Waals surface area contributed by atoms with Gasteiger partial charge in [0.1, 0.15) is 17.0 Å². The van der Waals surface area contributed by atoms with Gasteiger partial charge in [0.15, 0.2) is 0 Å². The number of nitrogens with zero attached hydrogens (tertiary/aromatic N) is 4. The first-order chi connectivity index (χ1) is 9.57. The predicted molar refractivity (Wildman–Crippen MR) is 74.3 cm³/mol. The van der Waals surface area contributed by atoms with E-state index < -0.39 is 10.0 Å². The Bertz CT molecular complexity index is 672. The molecule has 0 radical (unpaired) electrons. The lowest BCUT2D eigenvalue weighted by molar-refractivity contribution is 0.384. The first-order valence-electron chi connectivity index (χ1n) is 6.15. The van der Waals surface area contributed by atoms with Crippen molar-refractivity contribution in [2.24, 2.45) is 0 Å².